The molecule has 3 aromatic heterocycles. The van der Waals surface area contributed by atoms with Gasteiger partial charge in [-0.05, 0) is 71.6 Å². The zero-order valence-electron chi connectivity index (χ0n) is 23.7. The molecule has 1 N–H and O–H groups in total. The van der Waals surface area contributed by atoms with Crippen molar-refractivity contribution in [2.75, 3.05) is 0 Å². The molecule has 2 atom stereocenters. The third kappa shape index (κ3) is 6.05. The quantitative estimate of drug-likeness (QED) is 0.266. The summed E-state index contributed by atoms with van der Waals surface area (Å²) in [4.78, 5) is 18.7. The first-order valence-corrected chi connectivity index (χ1v) is 14.4. The number of pyridine rings is 1. The molecular weight excluding hydrogens is 486 g/mol. The molecule has 39 heavy (non-hydrogen) atoms. The van der Waals surface area contributed by atoms with Crippen LogP contribution in [0.5, 0.6) is 0 Å². The van der Waals surface area contributed by atoms with Crippen molar-refractivity contribution in [2.45, 2.75) is 91.6 Å². The van der Waals surface area contributed by atoms with Crippen LogP contribution >= 0.6 is 0 Å². The summed E-state index contributed by atoms with van der Waals surface area (Å²) in [6.07, 6.45) is 13.0. The van der Waals surface area contributed by atoms with Crippen LogP contribution in [0.3, 0.4) is 0 Å². The number of hydrogen-bond acceptors (Lipinski definition) is 5. The molecule has 3 heterocycles. The Bertz CT molecular complexity index is 1430. The number of imidazole rings is 1. The topological polar surface area (TPSA) is 94.3 Å². The Kier molecular flexibility index (Phi) is 8.10. The monoisotopic (exact) mass is 527 g/mol. The lowest BCUT2D eigenvalue weighted by Crippen LogP contribution is -2.35. The van der Waals surface area contributed by atoms with E-state index in [1.54, 1.807) is 0 Å². The number of benzene rings is 1. The van der Waals surface area contributed by atoms with E-state index in [0.29, 0.717) is 18.3 Å². The zero-order valence-corrected chi connectivity index (χ0v) is 23.7. The molecule has 206 valence electrons. The molecular formula is C31H41N7O. The van der Waals surface area contributed by atoms with E-state index >= 15 is 0 Å². The molecule has 4 aromatic rings. The van der Waals surface area contributed by atoms with Crippen LogP contribution in [0.25, 0.3) is 22.5 Å². The number of aryl methyl sites for hydroxylation is 1. The standard InChI is InChI=1S/C31H41N7O/c1-5-6-13-26-21-38(28-15-9-7-8-14-27(28)31(2,3)4)30(39)37(26)20-25-19-23(16-17-32-25)22-11-10-12-24(18-22)29-33-35-36-34-29/h10-12,16-19,21,27-28H,5-9,13-15,20H2,1-4H3,(H,33,34,35,36). The second kappa shape index (κ2) is 11.7. The summed E-state index contributed by atoms with van der Waals surface area (Å²) in [6, 6.07) is 12.4. The first-order valence-electron chi connectivity index (χ1n) is 14.4. The minimum Gasteiger partial charge on any atom is -0.296 e. The molecule has 0 spiro atoms. The summed E-state index contributed by atoms with van der Waals surface area (Å²) in [6.45, 7) is 9.67. The van der Waals surface area contributed by atoms with Gasteiger partial charge in [0.05, 0.1) is 12.2 Å². The third-order valence-corrected chi connectivity index (χ3v) is 8.26. The van der Waals surface area contributed by atoms with Gasteiger partial charge in [-0.25, -0.2) is 4.79 Å². The molecule has 1 aliphatic carbocycles. The summed E-state index contributed by atoms with van der Waals surface area (Å²) >= 11 is 0. The molecule has 0 aliphatic heterocycles. The summed E-state index contributed by atoms with van der Waals surface area (Å²) in [7, 11) is 0. The maximum absolute atomic E-state index is 14.0. The molecule has 8 nitrogen and oxygen atoms in total. The molecule has 0 bridgehead atoms. The molecule has 1 saturated carbocycles. The van der Waals surface area contributed by atoms with Gasteiger partial charge in [-0.3, -0.25) is 14.1 Å². The minimum atomic E-state index is 0.105. The molecule has 0 radical (unpaired) electrons. The highest BCUT2D eigenvalue weighted by Crippen LogP contribution is 2.43. The molecule has 0 amide bonds. The van der Waals surface area contributed by atoms with Crippen LogP contribution < -0.4 is 5.69 Å². The molecule has 5 rings (SSSR count). The van der Waals surface area contributed by atoms with E-state index in [1.807, 2.05) is 29.0 Å². The maximum atomic E-state index is 14.0. The SMILES string of the molecule is CCCCc1cn(C2CCCCCC2C(C)(C)C)c(=O)n1Cc1cc(-c2cccc(-c3nn[nH]n3)c2)ccn1. The van der Waals surface area contributed by atoms with Crippen molar-refractivity contribution >= 4 is 0 Å². The van der Waals surface area contributed by atoms with Crippen LogP contribution in [0.1, 0.15) is 90.1 Å². The Balaban J connectivity index is 1.48. The third-order valence-electron chi connectivity index (χ3n) is 8.26. The van der Waals surface area contributed by atoms with E-state index in [9.17, 15) is 4.79 Å². The predicted octanol–water partition coefficient (Wildman–Crippen LogP) is 6.45. The Morgan fingerprint density at radius 1 is 1.03 bits per heavy atom. The number of tetrazole rings is 1. The second-order valence-corrected chi connectivity index (χ2v) is 12.0. The lowest BCUT2D eigenvalue weighted by Gasteiger charge is -2.36. The number of aromatic nitrogens is 7. The van der Waals surface area contributed by atoms with Crippen molar-refractivity contribution < 1.29 is 0 Å². The van der Waals surface area contributed by atoms with Crippen molar-refractivity contribution in [3.05, 3.63) is 70.7 Å². The maximum Gasteiger partial charge on any atom is 0.328 e. The van der Waals surface area contributed by atoms with E-state index in [2.05, 4.69) is 82.3 Å². The van der Waals surface area contributed by atoms with Crippen LogP contribution in [-0.2, 0) is 13.0 Å². The van der Waals surface area contributed by atoms with Crippen molar-refractivity contribution in [1.29, 1.82) is 0 Å². The van der Waals surface area contributed by atoms with Crippen molar-refractivity contribution in [3.8, 4) is 22.5 Å². The normalized spacial score (nSPS) is 18.3. The molecule has 1 aliphatic rings. The largest absolute Gasteiger partial charge is 0.328 e. The van der Waals surface area contributed by atoms with E-state index < -0.39 is 0 Å². The summed E-state index contributed by atoms with van der Waals surface area (Å²) in [5.41, 5.74) is 5.24. The predicted molar refractivity (Wildman–Crippen MR) is 154 cm³/mol. The Morgan fingerprint density at radius 3 is 2.59 bits per heavy atom. The molecule has 1 fully saturated rings. The molecule has 8 heteroatoms. The number of rotatable bonds is 8. The van der Waals surface area contributed by atoms with Gasteiger partial charge in [0.25, 0.3) is 0 Å². The van der Waals surface area contributed by atoms with Crippen molar-refractivity contribution in [1.82, 2.24) is 34.7 Å². The lowest BCUT2D eigenvalue weighted by atomic mass is 9.74. The highest BCUT2D eigenvalue weighted by atomic mass is 16.1. The van der Waals surface area contributed by atoms with Crippen LogP contribution in [-0.4, -0.2) is 34.7 Å². The van der Waals surface area contributed by atoms with E-state index in [0.717, 1.165) is 53.8 Å². The lowest BCUT2D eigenvalue weighted by molar-refractivity contribution is 0.148. The fraction of sp³-hybridized carbons (Fsp3) is 0.516. The Hall–Kier alpha value is -3.55. The van der Waals surface area contributed by atoms with Gasteiger partial charge in [0.1, 0.15) is 0 Å². The van der Waals surface area contributed by atoms with Crippen molar-refractivity contribution in [2.24, 2.45) is 11.3 Å². The van der Waals surface area contributed by atoms with Gasteiger partial charge in [0.2, 0.25) is 5.82 Å². The number of hydrogen-bond donors (Lipinski definition) is 1. The second-order valence-electron chi connectivity index (χ2n) is 12.0. The fourth-order valence-electron chi connectivity index (χ4n) is 6.17. The highest BCUT2D eigenvalue weighted by Gasteiger charge is 2.35. The van der Waals surface area contributed by atoms with Gasteiger partial charge < -0.3 is 0 Å². The van der Waals surface area contributed by atoms with Gasteiger partial charge in [-0.1, -0.05) is 71.6 Å². The van der Waals surface area contributed by atoms with E-state index in [1.165, 1.54) is 25.7 Å². The van der Waals surface area contributed by atoms with Crippen LogP contribution in [0.4, 0.5) is 0 Å². The van der Waals surface area contributed by atoms with Crippen molar-refractivity contribution in [3.63, 3.8) is 0 Å². The van der Waals surface area contributed by atoms with Crippen LogP contribution in [0.2, 0.25) is 0 Å². The van der Waals surface area contributed by atoms with Gasteiger partial charge in [0, 0.05) is 29.7 Å². The van der Waals surface area contributed by atoms with Gasteiger partial charge in [-0.15, -0.1) is 10.2 Å². The number of unbranched alkanes of at least 4 members (excludes halogenated alkanes) is 1. The van der Waals surface area contributed by atoms with Gasteiger partial charge in [-0.2, -0.15) is 5.21 Å². The fourth-order valence-corrected chi connectivity index (χ4v) is 6.17. The number of nitrogens with zero attached hydrogens (tertiary/aromatic N) is 6. The van der Waals surface area contributed by atoms with Gasteiger partial charge >= 0.3 is 5.69 Å². The Labute approximate surface area is 230 Å². The van der Waals surface area contributed by atoms with Crippen LogP contribution in [0, 0.1) is 11.3 Å². The Morgan fingerprint density at radius 2 is 1.82 bits per heavy atom. The summed E-state index contributed by atoms with van der Waals surface area (Å²) in [5, 5.41) is 14.4. The van der Waals surface area contributed by atoms with Crippen LogP contribution in [0.15, 0.2) is 53.6 Å². The molecule has 1 aromatic carbocycles. The number of H-pyrrole nitrogens is 1. The average molecular weight is 528 g/mol. The molecule has 2 unspecified atom stereocenters. The summed E-state index contributed by atoms with van der Waals surface area (Å²) < 4.78 is 4.06. The highest BCUT2D eigenvalue weighted by molar-refractivity contribution is 5.70. The zero-order chi connectivity index (χ0) is 27.4. The smallest absolute Gasteiger partial charge is 0.296 e. The summed E-state index contributed by atoms with van der Waals surface area (Å²) in [5.74, 6) is 1.05. The first-order chi connectivity index (χ1) is 18.8. The van der Waals surface area contributed by atoms with E-state index in [4.69, 9.17) is 0 Å². The first kappa shape index (κ1) is 27.0. The van der Waals surface area contributed by atoms with Gasteiger partial charge in [0.15, 0.2) is 0 Å². The number of nitrogens with one attached hydrogen (secondary N) is 1. The minimum absolute atomic E-state index is 0.105. The molecule has 0 saturated heterocycles. The van der Waals surface area contributed by atoms with E-state index in [-0.39, 0.29) is 17.1 Å². The average Bonchev–Trinajstić information content (AvgIpc) is 3.49. The number of aromatic amines is 1.